The lowest BCUT2D eigenvalue weighted by atomic mass is 10.00. The first-order valence-corrected chi connectivity index (χ1v) is 12.7. The highest BCUT2D eigenvalue weighted by Crippen LogP contribution is 2.19. The molecular formula is C30H35ClN2O3. The number of nitrogens with one attached hydrogen (secondary N) is 1. The summed E-state index contributed by atoms with van der Waals surface area (Å²) in [6.45, 7) is 6.59. The van der Waals surface area contributed by atoms with Crippen molar-refractivity contribution in [3.8, 4) is 5.75 Å². The summed E-state index contributed by atoms with van der Waals surface area (Å²) in [6.07, 6.45) is 1.24. The summed E-state index contributed by atoms with van der Waals surface area (Å²) in [6, 6.07) is 26.1. The van der Waals surface area contributed by atoms with E-state index in [1.165, 1.54) is 0 Å². The molecule has 5 nitrogen and oxygen atoms in total. The number of rotatable bonds is 11. The van der Waals surface area contributed by atoms with Gasteiger partial charge in [-0.3, -0.25) is 9.59 Å². The minimum atomic E-state index is -0.642. The lowest BCUT2D eigenvalue weighted by Gasteiger charge is -2.34. The number of carbonyl (C=O) groups is 2. The van der Waals surface area contributed by atoms with Gasteiger partial charge in [0.05, 0.1) is 6.61 Å². The molecule has 1 atom stereocenters. The number of benzene rings is 3. The maximum absolute atomic E-state index is 13.6. The van der Waals surface area contributed by atoms with E-state index in [1.54, 1.807) is 29.2 Å². The van der Waals surface area contributed by atoms with E-state index >= 15 is 0 Å². The van der Waals surface area contributed by atoms with Gasteiger partial charge in [0.2, 0.25) is 11.8 Å². The van der Waals surface area contributed by atoms with E-state index < -0.39 is 11.6 Å². The highest BCUT2D eigenvalue weighted by molar-refractivity contribution is 6.30. The van der Waals surface area contributed by atoms with Crippen molar-refractivity contribution in [3.63, 3.8) is 0 Å². The monoisotopic (exact) mass is 506 g/mol. The first-order valence-electron chi connectivity index (χ1n) is 12.3. The Morgan fingerprint density at radius 1 is 0.889 bits per heavy atom. The van der Waals surface area contributed by atoms with Gasteiger partial charge >= 0.3 is 0 Å². The lowest BCUT2D eigenvalue weighted by Crippen LogP contribution is -2.54. The zero-order valence-corrected chi connectivity index (χ0v) is 22.0. The quantitative estimate of drug-likeness (QED) is 0.322. The number of hydrogen-bond donors (Lipinski definition) is 1. The van der Waals surface area contributed by atoms with Gasteiger partial charge in [-0.05, 0) is 62.6 Å². The van der Waals surface area contributed by atoms with E-state index in [2.05, 4.69) is 5.32 Å². The Morgan fingerprint density at radius 2 is 1.47 bits per heavy atom. The van der Waals surface area contributed by atoms with Crippen molar-refractivity contribution in [2.45, 2.75) is 58.2 Å². The van der Waals surface area contributed by atoms with Gasteiger partial charge in [-0.1, -0.05) is 72.3 Å². The van der Waals surface area contributed by atoms with E-state index in [4.69, 9.17) is 16.3 Å². The van der Waals surface area contributed by atoms with Crippen LogP contribution in [0.2, 0.25) is 5.02 Å². The van der Waals surface area contributed by atoms with Crippen LogP contribution in [0.25, 0.3) is 0 Å². The van der Waals surface area contributed by atoms with Crippen LogP contribution in [0.1, 0.15) is 44.7 Å². The Hall–Kier alpha value is -3.31. The van der Waals surface area contributed by atoms with Gasteiger partial charge in [0.25, 0.3) is 0 Å². The third kappa shape index (κ3) is 9.04. The number of amides is 2. The molecule has 0 aliphatic heterocycles. The largest absolute Gasteiger partial charge is 0.494 e. The van der Waals surface area contributed by atoms with Crippen molar-refractivity contribution >= 4 is 23.4 Å². The van der Waals surface area contributed by atoms with Crippen LogP contribution >= 0.6 is 11.6 Å². The van der Waals surface area contributed by atoms with E-state index in [-0.39, 0.29) is 18.2 Å². The first-order chi connectivity index (χ1) is 17.2. The predicted octanol–water partition coefficient (Wildman–Crippen LogP) is 6.05. The molecule has 0 aliphatic carbocycles. The molecule has 3 aromatic carbocycles. The molecule has 0 spiro atoms. The molecule has 3 aromatic rings. The molecule has 0 bridgehead atoms. The van der Waals surface area contributed by atoms with Crippen LogP contribution in [0.5, 0.6) is 5.75 Å². The molecule has 0 saturated carbocycles. The Balaban J connectivity index is 1.78. The third-order valence-corrected chi connectivity index (χ3v) is 5.83. The van der Waals surface area contributed by atoms with Crippen LogP contribution in [-0.2, 0) is 22.6 Å². The fraction of sp³-hybridized carbons (Fsp3) is 0.333. The number of hydrogen-bond acceptors (Lipinski definition) is 3. The molecule has 3 rings (SSSR count). The van der Waals surface area contributed by atoms with Crippen molar-refractivity contribution in [2.24, 2.45) is 0 Å². The highest BCUT2D eigenvalue weighted by atomic mass is 35.5. The maximum Gasteiger partial charge on any atom is 0.243 e. The molecule has 0 radical (unpaired) electrons. The smallest absolute Gasteiger partial charge is 0.243 e. The lowest BCUT2D eigenvalue weighted by molar-refractivity contribution is -0.142. The van der Waals surface area contributed by atoms with Gasteiger partial charge in [-0.15, -0.1) is 0 Å². The minimum Gasteiger partial charge on any atom is -0.494 e. The summed E-state index contributed by atoms with van der Waals surface area (Å²) in [5, 5.41) is 3.73. The Bertz CT molecular complexity index is 1100. The Kier molecular flexibility index (Phi) is 9.95. The topological polar surface area (TPSA) is 58.6 Å². The molecule has 190 valence electrons. The van der Waals surface area contributed by atoms with Crippen LogP contribution in [0, 0.1) is 0 Å². The molecule has 0 fully saturated rings. The summed E-state index contributed by atoms with van der Waals surface area (Å²) in [5.74, 6) is 0.469. The van der Waals surface area contributed by atoms with Crippen LogP contribution in [0.4, 0.5) is 0 Å². The number of carbonyl (C=O) groups excluding carboxylic acids is 2. The second-order valence-electron chi connectivity index (χ2n) is 9.86. The Labute approximate surface area is 219 Å². The zero-order chi connectivity index (χ0) is 26.0. The molecule has 0 unspecified atom stereocenters. The van der Waals surface area contributed by atoms with Crippen LogP contribution in [0.15, 0.2) is 84.9 Å². The number of halogens is 1. The summed E-state index contributed by atoms with van der Waals surface area (Å²) < 4.78 is 5.77. The van der Waals surface area contributed by atoms with E-state index in [0.717, 1.165) is 11.1 Å². The average Bonchev–Trinajstić information content (AvgIpc) is 2.85. The molecular weight excluding hydrogens is 472 g/mol. The molecule has 1 N–H and O–H groups in total. The third-order valence-electron chi connectivity index (χ3n) is 5.58. The van der Waals surface area contributed by atoms with Crippen molar-refractivity contribution in [2.75, 3.05) is 6.61 Å². The molecule has 0 aliphatic rings. The first kappa shape index (κ1) is 27.3. The second-order valence-corrected chi connectivity index (χ2v) is 10.3. The zero-order valence-electron chi connectivity index (χ0n) is 21.2. The van der Waals surface area contributed by atoms with Gasteiger partial charge < -0.3 is 15.0 Å². The number of nitrogens with zero attached hydrogens (tertiary/aromatic N) is 1. The second kappa shape index (κ2) is 13.1. The number of ether oxygens (including phenoxy) is 1. The van der Waals surface area contributed by atoms with Crippen molar-refractivity contribution in [3.05, 3.63) is 101 Å². The van der Waals surface area contributed by atoms with Crippen LogP contribution in [0.3, 0.4) is 0 Å². The molecule has 0 saturated heterocycles. The summed E-state index contributed by atoms with van der Waals surface area (Å²) in [7, 11) is 0. The van der Waals surface area contributed by atoms with E-state index in [1.807, 2.05) is 81.4 Å². The van der Waals surface area contributed by atoms with Gasteiger partial charge in [-0.2, -0.15) is 0 Å². The van der Waals surface area contributed by atoms with Gasteiger partial charge in [0, 0.05) is 29.9 Å². The molecule has 0 heterocycles. The molecule has 36 heavy (non-hydrogen) atoms. The Morgan fingerprint density at radius 3 is 2.06 bits per heavy atom. The predicted molar refractivity (Wildman–Crippen MR) is 145 cm³/mol. The standard InChI is InChI=1S/C30H35ClN2O3/c1-30(2,3)32-29(35)27(21-23-11-6-4-7-12-23)33(22-24-13-8-5-9-14-24)28(34)15-10-20-36-26-18-16-25(31)17-19-26/h4-9,11-14,16-19,27H,10,15,20-22H2,1-3H3,(H,32,35)/t27-/m0/s1. The summed E-state index contributed by atoms with van der Waals surface area (Å²) >= 11 is 5.93. The van der Waals surface area contributed by atoms with Crippen LogP contribution in [-0.4, -0.2) is 34.9 Å². The van der Waals surface area contributed by atoms with Gasteiger partial charge in [0.15, 0.2) is 0 Å². The van der Waals surface area contributed by atoms with E-state index in [0.29, 0.717) is 36.8 Å². The fourth-order valence-electron chi connectivity index (χ4n) is 3.87. The summed E-state index contributed by atoms with van der Waals surface area (Å²) in [4.78, 5) is 28.8. The van der Waals surface area contributed by atoms with Crippen LogP contribution < -0.4 is 10.1 Å². The minimum absolute atomic E-state index is 0.0800. The molecule has 0 aromatic heterocycles. The van der Waals surface area contributed by atoms with Crippen molar-refractivity contribution in [1.29, 1.82) is 0 Å². The fourth-order valence-corrected chi connectivity index (χ4v) is 4.00. The normalized spacial score (nSPS) is 12.0. The SMILES string of the molecule is CC(C)(C)NC(=O)[C@H](Cc1ccccc1)N(Cc1ccccc1)C(=O)CCCOc1ccc(Cl)cc1. The average molecular weight is 507 g/mol. The van der Waals surface area contributed by atoms with Crippen molar-refractivity contribution < 1.29 is 14.3 Å². The van der Waals surface area contributed by atoms with Crippen molar-refractivity contribution in [1.82, 2.24) is 10.2 Å². The highest BCUT2D eigenvalue weighted by Gasteiger charge is 2.31. The summed E-state index contributed by atoms with van der Waals surface area (Å²) in [5.41, 5.74) is 1.56. The molecule has 6 heteroatoms. The maximum atomic E-state index is 13.6. The molecule has 2 amide bonds. The van der Waals surface area contributed by atoms with Gasteiger partial charge in [0.1, 0.15) is 11.8 Å². The van der Waals surface area contributed by atoms with Gasteiger partial charge in [-0.25, -0.2) is 0 Å². The van der Waals surface area contributed by atoms with E-state index in [9.17, 15) is 9.59 Å².